The third-order valence-corrected chi connectivity index (χ3v) is 5.56. The highest BCUT2D eigenvalue weighted by molar-refractivity contribution is 5.97. The second-order valence-electron chi connectivity index (χ2n) is 8.94. The highest BCUT2D eigenvalue weighted by Crippen LogP contribution is 2.32. The SMILES string of the molecule is Cc1cc(N2CCN(Cc3cnn(C(C)(C)C)c3)CC2)c2cccc([N+](=O)[O-])c2n1. The maximum absolute atomic E-state index is 11.4. The molecule has 0 N–H and O–H groups in total. The molecule has 1 aliphatic rings. The van der Waals surface area contributed by atoms with Crippen LogP contribution in [0.25, 0.3) is 10.9 Å². The largest absolute Gasteiger partial charge is 0.368 e. The molecule has 30 heavy (non-hydrogen) atoms. The molecule has 0 atom stereocenters. The fourth-order valence-corrected chi connectivity index (χ4v) is 3.96. The van der Waals surface area contributed by atoms with Crippen LogP contribution in [0.4, 0.5) is 11.4 Å². The van der Waals surface area contributed by atoms with Gasteiger partial charge >= 0.3 is 0 Å². The molecular formula is C22H28N6O2. The Labute approximate surface area is 176 Å². The Bertz CT molecular complexity index is 1080. The minimum absolute atomic E-state index is 0.0141. The number of benzene rings is 1. The number of non-ortho nitro benzene ring substituents is 1. The van der Waals surface area contributed by atoms with E-state index in [4.69, 9.17) is 0 Å². The quantitative estimate of drug-likeness (QED) is 0.483. The van der Waals surface area contributed by atoms with Crippen molar-refractivity contribution in [1.82, 2.24) is 19.7 Å². The van der Waals surface area contributed by atoms with Crippen molar-refractivity contribution in [3.8, 4) is 0 Å². The molecule has 3 aromatic rings. The number of nitrogens with zero attached hydrogens (tertiary/aromatic N) is 6. The third kappa shape index (κ3) is 4.00. The Hall–Kier alpha value is -3.00. The van der Waals surface area contributed by atoms with E-state index in [1.54, 1.807) is 6.07 Å². The third-order valence-electron chi connectivity index (χ3n) is 5.56. The van der Waals surface area contributed by atoms with Crippen LogP contribution in [-0.2, 0) is 12.1 Å². The van der Waals surface area contributed by atoms with Crippen LogP contribution in [0.1, 0.15) is 32.0 Å². The fourth-order valence-electron chi connectivity index (χ4n) is 3.96. The topological polar surface area (TPSA) is 80.3 Å². The van der Waals surface area contributed by atoms with Gasteiger partial charge in [-0.3, -0.25) is 19.7 Å². The Morgan fingerprint density at radius 2 is 1.90 bits per heavy atom. The molecule has 8 heteroatoms. The minimum atomic E-state index is -0.353. The molecule has 8 nitrogen and oxygen atoms in total. The first kappa shape index (κ1) is 20.3. The van der Waals surface area contributed by atoms with Gasteiger partial charge in [-0.2, -0.15) is 5.10 Å². The van der Waals surface area contributed by atoms with Crippen LogP contribution in [0.15, 0.2) is 36.7 Å². The molecule has 158 valence electrons. The molecule has 1 saturated heterocycles. The van der Waals surface area contributed by atoms with Crippen LogP contribution >= 0.6 is 0 Å². The molecule has 0 spiro atoms. The van der Waals surface area contributed by atoms with Gasteiger partial charge in [-0.05, 0) is 33.8 Å². The first-order valence-electron chi connectivity index (χ1n) is 10.3. The van der Waals surface area contributed by atoms with Gasteiger partial charge in [0, 0.05) is 67.3 Å². The normalized spacial score (nSPS) is 15.7. The van der Waals surface area contributed by atoms with Crippen molar-refractivity contribution in [2.45, 2.75) is 39.8 Å². The number of anilines is 1. The maximum Gasteiger partial charge on any atom is 0.295 e. The molecule has 1 fully saturated rings. The molecule has 4 rings (SSSR count). The molecule has 0 amide bonds. The predicted octanol–water partition coefficient (Wildman–Crippen LogP) is 3.73. The molecule has 1 aromatic carbocycles. The summed E-state index contributed by atoms with van der Waals surface area (Å²) in [5.74, 6) is 0. The van der Waals surface area contributed by atoms with Crippen LogP contribution in [-0.4, -0.2) is 50.8 Å². The Balaban J connectivity index is 1.50. The van der Waals surface area contributed by atoms with Crippen LogP contribution < -0.4 is 4.90 Å². The second-order valence-corrected chi connectivity index (χ2v) is 8.94. The van der Waals surface area contributed by atoms with E-state index in [-0.39, 0.29) is 16.1 Å². The predicted molar refractivity (Wildman–Crippen MR) is 118 cm³/mol. The van der Waals surface area contributed by atoms with Gasteiger partial charge in [-0.1, -0.05) is 12.1 Å². The average Bonchev–Trinajstić information content (AvgIpc) is 3.16. The lowest BCUT2D eigenvalue weighted by molar-refractivity contribution is -0.383. The van der Waals surface area contributed by atoms with E-state index >= 15 is 0 Å². The van der Waals surface area contributed by atoms with Gasteiger partial charge in [0.2, 0.25) is 0 Å². The number of hydrogen-bond donors (Lipinski definition) is 0. The molecule has 3 heterocycles. The summed E-state index contributed by atoms with van der Waals surface area (Å²) < 4.78 is 2.01. The summed E-state index contributed by atoms with van der Waals surface area (Å²) in [6, 6.07) is 7.23. The van der Waals surface area contributed by atoms with E-state index in [2.05, 4.69) is 46.9 Å². The summed E-state index contributed by atoms with van der Waals surface area (Å²) in [7, 11) is 0. The highest BCUT2D eigenvalue weighted by Gasteiger charge is 2.23. The average molecular weight is 409 g/mol. The van der Waals surface area contributed by atoms with Crippen LogP contribution in [0.5, 0.6) is 0 Å². The molecular weight excluding hydrogens is 380 g/mol. The lowest BCUT2D eigenvalue weighted by Gasteiger charge is -2.36. The zero-order chi connectivity index (χ0) is 21.5. The van der Waals surface area contributed by atoms with Crippen LogP contribution in [0.3, 0.4) is 0 Å². The van der Waals surface area contributed by atoms with Gasteiger partial charge in [0.1, 0.15) is 0 Å². The van der Waals surface area contributed by atoms with Gasteiger partial charge in [0.05, 0.1) is 16.7 Å². The van der Waals surface area contributed by atoms with Gasteiger partial charge in [-0.15, -0.1) is 0 Å². The van der Waals surface area contributed by atoms with E-state index in [0.717, 1.165) is 49.5 Å². The number of piperazine rings is 1. The zero-order valence-corrected chi connectivity index (χ0v) is 18.0. The van der Waals surface area contributed by atoms with Crippen molar-refractivity contribution in [1.29, 1.82) is 0 Å². The molecule has 0 bridgehead atoms. The molecule has 2 aromatic heterocycles. The summed E-state index contributed by atoms with van der Waals surface area (Å²) >= 11 is 0. The summed E-state index contributed by atoms with van der Waals surface area (Å²) in [4.78, 5) is 20.3. The molecule has 1 aliphatic heterocycles. The first-order valence-corrected chi connectivity index (χ1v) is 10.3. The number of fused-ring (bicyclic) bond motifs is 1. The van der Waals surface area contributed by atoms with Crippen LogP contribution in [0, 0.1) is 17.0 Å². The first-order chi connectivity index (χ1) is 14.2. The van der Waals surface area contributed by atoms with Crippen LogP contribution in [0.2, 0.25) is 0 Å². The number of para-hydroxylation sites is 1. The fraction of sp³-hybridized carbons (Fsp3) is 0.455. The smallest absolute Gasteiger partial charge is 0.295 e. The van der Waals surface area contributed by atoms with Gasteiger partial charge < -0.3 is 4.90 Å². The number of aryl methyl sites for hydroxylation is 1. The van der Waals surface area contributed by atoms with Gasteiger partial charge in [-0.25, -0.2) is 4.98 Å². The van der Waals surface area contributed by atoms with E-state index in [1.807, 2.05) is 29.9 Å². The number of pyridine rings is 1. The van der Waals surface area contributed by atoms with Crippen molar-refractivity contribution >= 4 is 22.3 Å². The summed E-state index contributed by atoms with van der Waals surface area (Å²) in [6.07, 6.45) is 4.09. The Morgan fingerprint density at radius 1 is 1.17 bits per heavy atom. The second kappa shape index (κ2) is 7.68. The molecule has 0 aliphatic carbocycles. The lowest BCUT2D eigenvalue weighted by atomic mass is 10.1. The standard InChI is InChI=1S/C22H28N6O2/c1-16-12-20(18-6-5-7-19(28(29)30)21(18)24-16)26-10-8-25(9-11-26)14-17-13-23-27(15-17)22(2,3)4/h5-7,12-13,15H,8-11,14H2,1-4H3. The summed E-state index contributed by atoms with van der Waals surface area (Å²) in [5.41, 5.74) is 3.56. The molecule has 0 radical (unpaired) electrons. The molecule has 0 unspecified atom stereocenters. The van der Waals surface area contributed by atoms with Crippen molar-refractivity contribution in [2.75, 3.05) is 31.1 Å². The van der Waals surface area contributed by atoms with Crippen molar-refractivity contribution in [3.05, 3.63) is 58.0 Å². The van der Waals surface area contributed by atoms with Crippen molar-refractivity contribution in [3.63, 3.8) is 0 Å². The van der Waals surface area contributed by atoms with Crippen molar-refractivity contribution in [2.24, 2.45) is 0 Å². The van der Waals surface area contributed by atoms with E-state index < -0.39 is 0 Å². The number of aromatic nitrogens is 3. The maximum atomic E-state index is 11.4. The number of nitro benzene ring substituents is 1. The lowest BCUT2D eigenvalue weighted by Crippen LogP contribution is -2.46. The Kier molecular flexibility index (Phi) is 5.19. The van der Waals surface area contributed by atoms with E-state index in [0.29, 0.717) is 5.52 Å². The Morgan fingerprint density at radius 3 is 2.53 bits per heavy atom. The van der Waals surface area contributed by atoms with Crippen molar-refractivity contribution < 1.29 is 4.92 Å². The highest BCUT2D eigenvalue weighted by atomic mass is 16.6. The number of rotatable bonds is 4. The van der Waals surface area contributed by atoms with Gasteiger partial charge in [0.25, 0.3) is 5.69 Å². The zero-order valence-electron chi connectivity index (χ0n) is 18.0. The monoisotopic (exact) mass is 408 g/mol. The molecule has 0 saturated carbocycles. The minimum Gasteiger partial charge on any atom is -0.368 e. The number of nitro groups is 1. The van der Waals surface area contributed by atoms with Gasteiger partial charge in [0.15, 0.2) is 5.52 Å². The van der Waals surface area contributed by atoms with E-state index in [1.165, 1.54) is 11.6 Å². The summed E-state index contributed by atoms with van der Waals surface area (Å²) in [5, 5.41) is 16.8. The van der Waals surface area contributed by atoms with E-state index in [9.17, 15) is 10.1 Å². The number of hydrogen-bond acceptors (Lipinski definition) is 6. The summed E-state index contributed by atoms with van der Waals surface area (Å²) in [6.45, 7) is 12.8.